The second-order valence-corrected chi connectivity index (χ2v) is 25.5. The second-order valence-electron chi connectivity index (χ2n) is 25.5. The van der Waals surface area contributed by atoms with Crippen LogP contribution in [0.5, 0.6) is 0 Å². The monoisotopic (exact) mass is 793 g/mol. The third-order valence-corrected chi connectivity index (χ3v) is 23.6. The van der Waals surface area contributed by atoms with Crippen LogP contribution >= 0.6 is 0 Å². The molecule has 0 heteroatoms. The highest BCUT2D eigenvalue weighted by molar-refractivity contribution is 5.08. The number of fused-ring (bicyclic) bond motifs is 4. The van der Waals surface area contributed by atoms with Gasteiger partial charge in [-0.1, -0.05) is 141 Å². The summed E-state index contributed by atoms with van der Waals surface area (Å²) in [5, 5.41) is 0. The average molecular weight is 793 g/mol. The summed E-state index contributed by atoms with van der Waals surface area (Å²) in [6, 6.07) is 0. The summed E-state index contributed by atoms with van der Waals surface area (Å²) in [5.74, 6) is 22.5. The van der Waals surface area contributed by atoms with Crippen molar-refractivity contribution in [3.8, 4) is 0 Å². The first-order valence-corrected chi connectivity index (χ1v) is 28.8. The Balaban J connectivity index is 0.830. The third-order valence-electron chi connectivity index (χ3n) is 23.6. The summed E-state index contributed by atoms with van der Waals surface area (Å²) >= 11 is 0. The first-order chi connectivity index (χ1) is 28.8. The Labute approximate surface area is 360 Å². The molecule has 11 aliphatic carbocycles. The van der Waals surface area contributed by atoms with Gasteiger partial charge in [0.25, 0.3) is 0 Å². The number of rotatable bonds is 6. The van der Waals surface area contributed by atoms with E-state index in [2.05, 4.69) is 0 Å². The largest absolute Gasteiger partial charge is 0.0533 e. The minimum absolute atomic E-state index is 1.10. The summed E-state index contributed by atoms with van der Waals surface area (Å²) in [7, 11) is 0. The molecule has 0 aromatic carbocycles. The van der Waals surface area contributed by atoms with Crippen LogP contribution in [0.3, 0.4) is 0 Å². The quantitative estimate of drug-likeness (QED) is 0.251. The molecule has 0 radical (unpaired) electrons. The lowest BCUT2D eigenvalue weighted by Gasteiger charge is -2.63. The van der Waals surface area contributed by atoms with Gasteiger partial charge in [0.05, 0.1) is 0 Å². The highest BCUT2D eigenvalue weighted by Gasteiger charge is 2.59. The molecule has 0 spiro atoms. The van der Waals surface area contributed by atoms with Gasteiger partial charge >= 0.3 is 0 Å². The second kappa shape index (κ2) is 18.6. The molecule has 12 atom stereocenters. The van der Waals surface area contributed by atoms with E-state index in [1.54, 1.807) is 244 Å². The lowest BCUT2D eigenvalue weighted by atomic mass is 9.42. The van der Waals surface area contributed by atoms with Crippen molar-refractivity contribution in [3.05, 3.63) is 0 Å². The van der Waals surface area contributed by atoms with E-state index in [4.69, 9.17) is 0 Å². The molecule has 0 N–H and O–H groups in total. The van der Waals surface area contributed by atoms with E-state index in [9.17, 15) is 0 Å². The predicted octanol–water partition coefficient (Wildman–Crippen LogP) is 17.3. The maximum atomic E-state index is 1.67. The van der Waals surface area contributed by atoms with Gasteiger partial charge in [-0.05, 0) is 221 Å². The average Bonchev–Trinajstić information content (AvgIpc) is 3.30. The van der Waals surface area contributed by atoms with Gasteiger partial charge in [-0.15, -0.1) is 0 Å². The van der Waals surface area contributed by atoms with Crippen LogP contribution in [0.4, 0.5) is 0 Å². The van der Waals surface area contributed by atoms with Crippen molar-refractivity contribution in [2.45, 2.75) is 244 Å². The Hall–Kier alpha value is 0. The van der Waals surface area contributed by atoms with Crippen molar-refractivity contribution >= 4 is 0 Å². The molecule has 0 aromatic rings. The molecular formula is C58H96. The molecule has 11 saturated carbocycles. The SMILES string of the molecule is C1CCC(C2CCCCC2C2C3CCCCC3C(C3CCC(C4C5CCCCC5C(C5CCCCC5C5CCCCC5)C5CCCCC54)CC3)C3CCCCC32)CC1. The van der Waals surface area contributed by atoms with Gasteiger partial charge in [0.2, 0.25) is 0 Å². The topological polar surface area (TPSA) is 0 Å². The summed E-state index contributed by atoms with van der Waals surface area (Å²) in [5.41, 5.74) is 0. The summed E-state index contributed by atoms with van der Waals surface area (Å²) in [4.78, 5) is 0. The number of hydrogen-bond donors (Lipinski definition) is 0. The van der Waals surface area contributed by atoms with E-state index in [0.717, 1.165) is 118 Å². The molecule has 0 saturated heterocycles. The van der Waals surface area contributed by atoms with Crippen LogP contribution in [0.15, 0.2) is 0 Å². The van der Waals surface area contributed by atoms with E-state index in [1.807, 2.05) is 0 Å². The first kappa shape index (κ1) is 40.8. The lowest BCUT2D eigenvalue weighted by Crippen LogP contribution is -2.56. The van der Waals surface area contributed by atoms with Crippen LogP contribution in [0.1, 0.15) is 244 Å². The van der Waals surface area contributed by atoms with Gasteiger partial charge in [-0.2, -0.15) is 0 Å². The molecule has 12 unspecified atom stereocenters. The number of hydrogen-bond acceptors (Lipinski definition) is 0. The molecule has 11 aliphatic rings. The Morgan fingerprint density at radius 1 is 0.121 bits per heavy atom. The third kappa shape index (κ3) is 7.73. The summed E-state index contributed by atoms with van der Waals surface area (Å²) < 4.78 is 0. The zero-order chi connectivity index (χ0) is 38.4. The predicted molar refractivity (Wildman–Crippen MR) is 245 cm³/mol. The minimum atomic E-state index is 1.10. The van der Waals surface area contributed by atoms with E-state index >= 15 is 0 Å². The maximum absolute atomic E-state index is 1.67. The van der Waals surface area contributed by atoms with Crippen molar-refractivity contribution in [2.75, 3.05) is 0 Å². The van der Waals surface area contributed by atoms with Crippen LogP contribution in [-0.2, 0) is 0 Å². The molecule has 0 aromatic heterocycles. The fourth-order valence-corrected chi connectivity index (χ4v) is 22.1. The standard InChI is InChI=1S/C58H96/c1-3-19-39(20-4-1)43-23-7-9-25-45(43)57-51-31-15-11-27-47(51)55(48-28-12-16-32-52(48)57)41-35-37-42(38-36-41)56-49-29-13-17-33-53(49)58(54-34-18-14-30-50(54)56)46-26-10-8-24-44(46)40-21-5-2-6-22-40/h39-58H,1-38H2. The van der Waals surface area contributed by atoms with Crippen molar-refractivity contribution in [1.82, 2.24) is 0 Å². The van der Waals surface area contributed by atoms with E-state index in [-0.39, 0.29) is 0 Å². The summed E-state index contributed by atoms with van der Waals surface area (Å²) in [6.45, 7) is 0. The van der Waals surface area contributed by atoms with Crippen molar-refractivity contribution in [3.63, 3.8) is 0 Å². The van der Waals surface area contributed by atoms with Gasteiger partial charge in [-0.25, -0.2) is 0 Å². The van der Waals surface area contributed by atoms with Gasteiger partial charge in [0.1, 0.15) is 0 Å². The van der Waals surface area contributed by atoms with Crippen molar-refractivity contribution in [1.29, 1.82) is 0 Å². The highest BCUT2D eigenvalue weighted by atomic mass is 14.6. The van der Waals surface area contributed by atoms with Gasteiger partial charge in [0.15, 0.2) is 0 Å². The first-order valence-electron chi connectivity index (χ1n) is 28.8. The molecule has 0 amide bonds. The van der Waals surface area contributed by atoms with Crippen LogP contribution < -0.4 is 0 Å². The molecule has 11 rings (SSSR count). The summed E-state index contributed by atoms with van der Waals surface area (Å²) in [6.07, 6.45) is 61.2. The Morgan fingerprint density at radius 3 is 0.569 bits per heavy atom. The van der Waals surface area contributed by atoms with E-state index < -0.39 is 0 Å². The van der Waals surface area contributed by atoms with Crippen molar-refractivity contribution in [2.24, 2.45) is 118 Å². The smallest absolute Gasteiger partial charge is 0.0321 e. The van der Waals surface area contributed by atoms with Crippen LogP contribution in [0.25, 0.3) is 0 Å². The highest BCUT2D eigenvalue weighted by Crippen LogP contribution is 2.67. The molecule has 328 valence electrons. The Bertz CT molecular complexity index is 1130. The molecule has 11 fully saturated rings. The normalized spacial score (nSPS) is 51.1. The van der Waals surface area contributed by atoms with Gasteiger partial charge in [0, 0.05) is 0 Å². The fraction of sp³-hybridized carbons (Fsp3) is 1.00. The van der Waals surface area contributed by atoms with E-state index in [0.29, 0.717) is 0 Å². The van der Waals surface area contributed by atoms with Crippen LogP contribution in [-0.4, -0.2) is 0 Å². The van der Waals surface area contributed by atoms with Crippen molar-refractivity contribution < 1.29 is 0 Å². The molecule has 0 bridgehead atoms. The van der Waals surface area contributed by atoms with Crippen LogP contribution in [0.2, 0.25) is 0 Å². The van der Waals surface area contributed by atoms with Gasteiger partial charge in [-0.3, -0.25) is 0 Å². The molecule has 0 aliphatic heterocycles. The Kier molecular flexibility index (Phi) is 13.1. The fourth-order valence-electron chi connectivity index (χ4n) is 22.1. The molecular weight excluding hydrogens is 697 g/mol. The molecule has 58 heavy (non-hydrogen) atoms. The zero-order valence-electron chi connectivity index (χ0n) is 38.4. The zero-order valence-corrected chi connectivity index (χ0v) is 38.4. The molecule has 0 nitrogen and oxygen atoms in total. The minimum Gasteiger partial charge on any atom is -0.0533 e. The lowest BCUT2D eigenvalue weighted by molar-refractivity contribution is -0.139. The van der Waals surface area contributed by atoms with E-state index in [1.165, 1.54) is 0 Å². The molecule has 0 heterocycles. The van der Waals surface area contributed by atoms with Gasteiger partial charge < -0.3 is 0 Å². The maximum Gasteiger partial charge on any atom is -0.0321 e. The Morgan fingerprint density at radius 2 is 0.310 bits per heavy atom. The van der Waals surface area contributed by atoms with Crippen LogP contribution in [0, 0.1) is 118 Å².